The van der Waals surface area contributed by atoms with Crippen molar-refractivity contribution in [2.45, 2.75) is 11.8 Å². The highest BCUT2D eigenvalue weighted by atomic mass is 32.2. The Morgan fingerprint density at radius 1 is 1.53 bits per heavy atom. The van der Waals surface area contributed by atoms with Gasteiger partial charge in [0.2, 0.25) is 0 Å². The van der Waals surface area contributed by atoms with Crippen LogP contribution < -0.4 is 0 Å². The molecule has 15 heavy (non-hydrogen) atoms. The minimum absolute atomic E-state index is 0.0266. The van der Waals surface area contributed by atoms with E-state index in [0.717, 1.165) is 11.3 Å². The van der Waals surface area contributed by atoms with Crippen LogP contribution in [-0.4, -0.2) is 28.1 Å². The second-order valence-electron chi connectivity index (χ2n) is 2.47. The average molecular weight is 250 g/mol. The van der Waals surface area contributed by atoms with E-state index >= 15 is 0 Å². The van der Waals surface area contributed by atoms with Gasteiger partial charge in [-0.3, -0.25) is 4.18 Å². The van der Waals surface area contributed by atoms with Crippen LogP contribution in [0.25, 0.3) is 0 Å². The minimum Gasteiger partial charge on any atom is -0.465 e. The van der Waals surface area contributed by atoms with Gasteiger partial charge in [0.25, 0.3) is 10.1 Å². The number of hydrogen-bond acceptors (Lipinski definition) is 6. The fourth-order valence-electron chi connectivity index (χ4n) is 0.955. The Bertz CT molecular complexity index is 445. The Kier molecular flexibility index (Phi) is 3.83. The molecule has 0 aliphatic carbocycles. The monoisotopic (exact) mass is 250 g/mol. The molecule has 84 valence electrons. The van der Waals surface area contributed by atoms with Crippen molar-refractivity contribution in [3.8, 4) is 0 Å². The second-order valence-corrected chi connectivity index (χ2v) is 4.97. The summed E-state index contributed by atoms with van der Waals surface area (Å²) in [5.41, 5.74) is 0. The lowest BCUT2D eigenvalue weighted by Gasteiger charge is -2.03. The van der Waals surface area contributed by atoms with Crippen molar-refractivity contribution < 1.29 is 22.1 Å². The van der Waals surface area contributed by atoms with Crippen molar-refractivity contribution >= 4 is 27.4 Å². The van der Waals surface area contributed by atoms with Crippen molar-refractivity contribution in [1.82, 2.24) is 0 Å². The van der Waals surface area contributed by atoms with Crippen LogP contribution >= 0.6 is 11.3 Å². The van der Waals surface area contributed by atoms with E-state index < -0.39 is 16.1 Å². The van der Waals surface area contributed by atoms with E-state index in [9.17, 15) is 13.2 Å². The zero-order valence-corrected chi connectivity index (χ0v) is 9.85. The van der Waals surface area contributed by atoms with Crippen LogP contribution in [0.4, 0.5) is 0 Å². The largest absolute Gasteiger partial charge is 0.465 e. The number of esters is 1. The van der Waals surface area contributed by atoms with Crippen molar-refractivity contribution in [3.63, 3.8) is 0 Å². The van der Waals surface area contributed by atoms with Gasteiger partial charge in [0.1, 0.15) is 9.77 Å². The first-order valence-electron chi connectivity index (χ1n) is 4.08. The first kappa shape index (κ1) is 12.2. The summed E-state index contributed by atoms with van der Waals surface area (Å²) in [5, 5.41) is 1.50. The van der Waals surface area contributed by atoms with Gasteiger partial charge >= 0.3 is 5.97 Å². The molecule has 0 unspecified atom stereocenters. The van der Waals surface area contributed by atoms with E-state index in [4.69, 9.17) is 0 Å². The van der Waals surface area contributed by atoms with Gasteiger partial charge in [-0.1, -0.05) is 0 Å². The molecule has 0 bridgehead atoms. The summed E-state index contributed by atoms with van der Waals surface area (Å²) < 4.78 is 32.1. The van der Waals surface area contributed by atoms with Crippen molar-refractivity contribution in [1.29, 1.82) is 0 Å². The predicted octanol–water partition coefficient (Wildman–Crippen LogP) is 1.26. The topological polar surface area (TPSA) is 69.7 Å². The molecule has 1 aromatic rings. The highest BCUT2D eigenvalue weighted by Crippen LogP contribution is 2.24. The summed E-state index contributed by atoms with van der Waals surface area (Å²) in [5.74, 6) is -0.678. The fourth-order valence-corrected chi connectivity index (χ4v) is 3.18. The number of rotatable bonds is 4. The molecule has 0 aliphatic rings. The average Bonchev–Trinajstić information content (AvgIpc) is 2.65. The number of thiophene rings is 1. The van der Waals surface area contributed by atoms with E-state index in [1.165, 1.54) is 18.6 Å². The standard InChI is InChI=1S/C8H10O5S2/c1-3-13-15(10,11)6-4-5-14-7(6)8(9)12-2/h4-5H,3H2,1-2H3. The first-order valence-corrected chi connectivity index (χ1v) is 6.37. The lowest BCUT2D eigenvalue weighted by Crippen LogP contribution is -2.10. The van der Waals surface area contributed by atoms with Gasteiger partial charge in [-0.15, -0.1) is 11.3 Å². The highest BCUT2D eigenvalue weighted by molar-refractivity contribution is 7.87. The molecule has 0 radical (unpaired) electrons. The van der Waals surface area contributed by atoms with Crippen LogP contribution in [0.3, 0.4) is 0 Å². The lowest BCUT2D eigenvalue weighted by atomic mass is 10.5. The summed E-state index contributed by atoms with van der Waals surface area (Å²) >= 11 is 1.00. The molecule has 0 atom stereocenters. The molecule has 1 heterocycles. The molecule has 0 N–H and O–H groups in total. The van der Waals surface area contributed by atoms with Crippen molar-refractivity contribution in [2.24, 2.45) is 0 Å². The number of ether oxygens (including phenoxy) is 1. The minimum atomic E-state index is -3.84. The maximum Gasteiger partial charge on any atom is 0.349 e. The summed E-state index contributed by atoms with van der Waals surface area (Å²) in [7, 11) is -2.65. The van der Waals surface area contributed by atoms with Gasteiger partial charge in [-0.2, -0.15) is 8.42 Å². The maximum atomic E-state index is 11.5. The molecule has 0 spiro atoms. The molecule has 5 nitrogen and oxygen atoms in total. The Morgan fingerprint density at radius 3 is 2.73 bits per heavy atom. The Morgan fingerprint density at radius 2 is 2.20 bits per heavy atom. The van der Waals surface area contributed by atoms with Crippen molar-refractivity contribution in [2.75, 3.05) is 13.7 Å². The molecule has 0 saturated carbocycles. The molecule has 0 aromatic carbocycles. The molecule has 0 amide bonds. The van der Waals surface area contributed by atoms with Gasteiger partial charge in [0, 0.05) is 0 Å². The summed E-state index contributed by atoms with van der Waals surface area (Å²) in [6.45, 7) is 1.58. The third kappa shape index (κ3) is 2.55. The van der Waals surface area contributed by atoms with E-state index in [0.29, 0.717) is 0 Å². The fraction of sp³-hybridized carbons (Fsp3) is 0.375. The molecule has 0 saturated heterocycles. The molecule has 0 fully saturated rings. The van der Waals surface area contributed by atoms with Gasteiger partial charge in [0.15, 0.2) is 0 Å². The van der Waals surface area contributed by atoms with Crippen LogP contribution in [0.15, 0.2) is 16.3 Å². The van der Waals surface area contributed by atoms with Gasteiger partial charge in [-0.25, -0.2) is 4.79 Å². The predicted molar refractivity (Wildman–Crippen MR) is 54.5 cm³/mol. The first-order chi connectivity index (χ1) is 7.03. The second kappa shape index (κ2) is 4.73. The SMILES string of the molecule is CCOS(=O)(=O)c1ccsc1C(=O)OC. The van der Waals surface area contributed by atoms with Crippen LogP contribution in [0.5, 0.6) is 0 Å². The number of methoxy groups -OCH3 is 1. The zero-order chi connectivity index (χ0) is 11.5. The summed E-state index contributed by atoms with van der Waals surface area (Å²) in [4.78, 5) is 11.1. The number of carbonyl (C=O) groups is 1. The smallest absolute Gasteiger partial charge is 0.349 e. The van der Waals surface area contributed by atoms with Gasteiger partial charge < -0.3 is 4.74 Å². The Hall–Kier alpha value is -0.920. The van der Waals surface area contributed by atoms with Crippen LogP contribution in [0.1, 0.15) is 16.6 Å². The lowest BCUT2D eigenvalue weighted by molar-refractivity contribution is 0.0602. The van der Waals surface area contributed by atoms with E-state index in [2.05, 4.69) is 8.92 Å². The molecule has 7 heteroatoms. The Balaban J connectivity index is 3.16. The third-order valence-corrected chi connectivity index (χ3v) is 3.99. The normalized spacial score (nSPS) is 11.3. The number of carbonyl (C=O) groups excluding carboxylic acids is 1. The zero-order valence-electron chi connectivity index (χ0n) is 8.22. The molecule has 1 rings (SSSR count). The molecular weight excluding hydrogens is 240 g/mol. The van der Waals surface area contributed by atoms with Gasteiger partial charge in [0.05, 0.1) is 13.7 Å². The number of hydrogen-bond donors (Lipinski definition) is 0. The highest BCUT2D eigenvalue weighted by Gasteiger charge is 2.24. The summed E-state index contributed by atoms with van der Waals surface area (Å²) in [6, 6.07) is 1.32. The molecule has 0 aliphatic heterocycles. The summed E-state index contributed by atoms with van der Waals surface area (Å²) in [6.07, 6.45) is 0. The van der Waals surface area contributed by atoms with Crippen molar-refractivity contribution in [3.05, 3.63) is 16.3 Å². The van der Waals surface area contributed by atoms with Crippen LogP contribution in [0.2, 0.25) is 0 Å². The van der Waals surface area contributed by atoms with E-state index in [-0.39, 0.29) is 16.4 Å². The van der Waals surface area contributed by atoms with Gasteiger partial charge in [-0.05, 0) is 18.4 Å². The quantitative estimate of drug-likeness (QED) is 0.594. The van der Waals surface area contributed by atoms with Crippen LogP contribution in [0, 0.1) is 0 Å². The molecular formula is C8H10O5S2. The maximum absolute atomic E-state index is 11.5. The van der Waals surface area contributed by atoms with E-state index in [1.54, 1.807) is 6.92 Å². The Labute approximate surface area is 91.8 Å². The van der Waals surface area contributed by atoms with Crippen LogP contribution in [-0.2, 0) is 19.0 Å². The third-order valence-electron chi connectivity index (χ3n) is 1.54. The van der Waals surface area contributed by atoms with E-state index in [1.807, 2.05) is 0 Å². The molecule has 1 aromatic heterocycles.